The molecule has 0 spiro atoms. The number of anilines is 1. The molecule has 0 heterocycles. The van der Waals surface area contributed by atoms with Crippen molar-refractivity contribution in [2.45, 2.75) is 37.1 Å². The fourth-order valence-electron chi connectivity index (χ4n) is 2.09. The van der Waals surface area contributed by atoms with Crippen molar-refractivity contribution in [3.63, 3.8) is 0 Å². The zero-order valence-electron chi connectivity index (χ0n) is 11.2. The third-order valence-corrected chi connectivity index (χ3v) is 4.84. The van der Waals surface area contributed by atoms with Crippen molar-refractivity contribution in [1.82, 2.24) is 4.72 Å². The number of benzene rings is 1. The van der Waals surface area contributed by atoms with Crippen LogP contribution in [0.3, 0.4) is 0 Å². The molecule has 6 heteroatoms. The van der Waals surface area contributed by atoms with E-state index >= 15 is 0 Å². The third kappa shape index (κ3) is 3.61. The van der Waals surface area contributed by atoms with Crippen molar-refractivity contribution in [3.8, 4) is 5.75 Å². The van der Waals surface area contributed by atoms with Gasteiger partial charge in [0.05, 0.1) is 17.7 Å². The van der Waals surface area contributed by atoms with E-state index < -0.39 is 10.0 Å². The molecule has 2 rings (SSSR count). The molecule has 1 atom stereocenters. The maximum Gasteiger partial charge on any atom is 0.240 e. The number of methoxy groups -OCH3 is 1. The maximum absolute atomic E-state index is 12.2. The van der Waals surface area contributed by atoms with E-state index in [1.54, 1.807) is 6.07 Å². The van der Waals surface area contributed by atoms with Crippen LogP contribution in [0.15, 0.2) is 23.1 Å². The molecule has 0 aromatic heterocycles. The molecule has 0 amide bonds. The molecule has 0 radical (unpaired) electrons. The van der Waals surface area contributed by atoms with Crippen LogP contribution in [0.2, 0.25) is 0 Å². The minimum atomic E-state index is -3.51. The lowest BCUT2D eigenvalue weighted by molar-refractivity contribution is 0.415. The Morgan fingerprint density at radius 3 is 2.74 bits per heavy atom. The lowest BCUT2D eigenvalue weighted by Gasteiger charge is -2.14. The van der Waals surface area contributed by atoms with Crippen molar-refractivity contribution in [2.24, 2.45) is 5.92 Å². The van der Waals surface area contributed by atoms with Crippen molar-refractivity contribution in [2.75, 3.05) is 12.8 Å². The van der Waals surface area contributed by atoms with Crippen molar-refractivity contribution in [1.29, 1.82) is 0 Å². The Balaban J connectivity index is 2.13. The van der Waals surface area contributed by atoms with E-state index in [1.165, 1.54) is 32.1 Å². The van der Waals surface area contributed by atoms with Gasteiger partial charge in [0, 0.05) is 12.1 Å². The van der Waals surface area contributed by atoms with Gasteiger partial charge in [-0.25, -0.2) is 13.1 Å². The van der Waals surface area contributed by atoms with Crippen LogP contribution in [0.25, 0.3) is 0 Å². The molecule has 106 valence electrons. The van der Waals surface area contributed by atoms with Gasteiger partial charge in [-0.05, 0) is 31.4 Å². The molecule has 0 bridgehead atoms. The molecule has 1 unspecified atom stereocenters. The average Bonchev–Trinajstić information content (AvgIpc) is 3.12. The van der Waals surface area contributed by atoms with Gasteiger partial charge in [0.15, 0.2) is 0 Å². The summed E-state index contributed by atoms with van der Waals surface area (Å²) < 4.78 is 32.2. The Bertz CT molecular complexity index is 553. The highest BCUT2D eigenvalue weighted by Crippen LogP contribution is 2.33. The van der Waals surface area contributed by atoms with Gasteiger partial charge in [0.2, 0.25) is 10.0 Å². The average molecular weight is 284 g/mol. The minimum Gasteiger partial charge on any atom is -0.495 e. The Hall–Kier alpha value is -1.27. The minimum absolute atomic E-state index is 0.0546. The molecule has 1 saturated carbocycles. The summed E-state index contributed by atoms with van der Waals surface area (Å²) in [5.74, 6) is 1.05. The molecule has 19 heavy (non-hydrogen) atoms. The molecule has 0 aliphatic heterocycles. The Morgan fingerprint density at radius 1 is 1.47 bits per heavy atom. The van der Waals surface area contributed by atoms with E-state index in [0.29, 0.717) is 17.4 Å². The molecule has 5 nitrogen and oxygen atoms in total. The zero-order valence-corrected chi connectivity index (χ0v) is 12.0. The normalized spacial score (nSPS) is 17.2. The summed E-state index contributed by atoms with van der Waals surface area (Å²) in [6.45, 7) is 1.89. The smallest absolute Gasteiger partial charge is 0.240 e. The first-order chi connectivity index (χ1) is 8.92. The van der Waals surface area contributed by atoms with Gasteiger partial charge in [-0.1, -0.05) is 12.8 Å². The molecular weight excluding hydrogens is 264 g/mol. The summed E-state index contributed by atoms with van der Waals surface area (Å²) in [6.07, 6.45) is 3.31. The number of sulfonamides is 1. The Labute approximate surface area is 114 Å². The van der Waals surface area contributed by atoms with Crippen LogP contribution in [-0.4, -0.2) is 21.6 Å². The van der Waals surface area contributed by atoms with Gasteiger partial charge in [-0.3, -0.25) is 0 Å². The molecule has 1 fully saturated rings. The Morgan fingerprint density at radius 2 is 2.16 bits per heavy atom. The number of nitrogen functional groups attached to an aromatic ring is 1. The monoisotopic (exact) mass is 284 g/mol. The van der Waals surface area contributed by atoms with E-state index in [1.807, 2.05) is 6.92 Å². The van der Waals surface area contributed by atoms with E-state index in [-0.39, 0.29) is 10.9 Å². The molecule has 0 saturated heterocycles. The summed E-state index contributed by atoms with van der Waals surface area (Å²) in [5, 5.41) is 0. The first kappa shape index (κ1) is 14.1. The molecule has 1 aliphatic rings. The van der Waals surface area contributed by atoms with Gasteiger partial charge in [-0.15, -0.1) is 0 Å². The van der Waals surface area contributed by atoms with Gasteiger partial charge in [0.1, 0.15) is 5.75 Å². The predicted molar refractivity (Wildman–Crippen MR) is 74.5 cm³/mol. The fourth-order valence-corrected chi connectivity index (χ4v) is 3.36. The van der Waals surface area contributed by atoms with Crippen molar-refractivity contribution >= 4 is 15.7 Å². The van der Waals surface area contributed by atoms with Crippen LogP contribution in [0, 0.1) is 5.92 Å². The second-order valence-electron chi connectivity index (χ2n) is 5.11. The summed E-state index contributed by atoms with van der Waals surface area (Å²) in [5.41, 5.74) is 6.10. The summed E-state index contributed by atoms with van der Waals surface area (Å²) in [4.78, 5) is 0.182. The van der Waals surface area contributed by atoms with E-state index in [2.05, 4.69) is 4.72 Å². The van der Waals surface area contributed by atoms with Gasteiger partial charge in [-0.2, -0.15) is 0 Å². The van der Waals surface area contributed by atoms with Crippen molar-refractivity contribution < 1.29 is 13.2 Å². The second kappa shape index (κ2) is 5.38. The predicted octanol–water partition coefficient (Wildman–Crippen LogP) is 1.74. The van der Waals surface area contributed by atoms with Crippen LogP contribution in [0.5, 0.6) is 5.75 Å². The van der Waals surface area contributed by atoms with Crippen molar-refractivity contribution in [3.05, 3.63) is 18.2 Å². The molecule has 1 aromatic carbocycles. The van der Waals surface area contributed by atoms with Gasteiger partial charge >= 0.3 is 0 Å². The van der Waals surface area contributed by atoms with E-state index in [4.69, 9.17) is 10.5 Å². The van der Waals surface area contributed by atoms with E-state index in [9.17, 15) is 8.42 Å². The first-order valence-corrected chi connectivity index (χ1v) is 7.86. The summed E-state index contributed by atoms with van der Waals surface area (Å²) in [6, 6.07) is 4.42. The first-order valence-electron chi connectivity index (χ1n) is 6.38. The number of hydrogen-bond donors (Lipinski definition) is 2. The van der Waals surface area contributed by atoms with E-state index in [0.717, 1.165) is 6.42 Å². The zero-order chi connectivity index (χ0) is 14.0. The quantitative estimate of drug-likeness (QED) is 0.780. The highest BCUT2D eigenvalue weighted by Gasteiger charge is 2.26. The SMILES string of the molecule is COc1cc(S(=O)(=O)NC(C)CC2CC2)ccc1N. The maximum atomic E-state index is 12.2. The largest absolute Gasteiger partial charge is 0.495 e. The highest BCUT2D eigenvalue weighted by atomic mass is 32.2. The van der Waals surface area contributed by atoms with Crippen LogP contribution in [-0.2, 0) is 10.0 Å². The number of nitrogens with two attached hydrogens (primary N) is 1. The molecule has 3 N–H and O–H groups in total. The number of rotatable bonds is 6. The topological polar surface area (TPSA) is 81.4 Å². The van der Waals surface area contributed by atoms with Crippen LogP contribution < -0.4 is 15.2 Å². The number of ether oxygens (including phenoxy) is 1. The lowest BCUT2D eigenvalue weighted by Crippen LogP contribution is -2.32. The molecule has 1 aromatic rings. The fraction of sp³-hybridized carbons (Fsp3) is 0.538. The molecule has 1 aliphatic carbocycles. The van der Waals surface area contributed by atoms with Crippen LogP contribution in [0.4, 0.5) is 5.69 Å². The van der Waals surface area contributed by atoms with Gasteiger partial charge in [0.25, 0.3) is 0 Å². The van der Waals surface area contributed by atoms with Gasteiger partial charge < -0.3 is 10.5 Å². The number of nitrogens with one attached hydrogen (secondary N) is 1. The molecular formula is C13H20N2O3S. The summed E-state index contributed by atoms with van der Waals surface area (Å²) in [7, 11) is -2.05. The highest BCUT2D eigenvalue weighted by molar-refractivity contribution is 7.89. The number of hydrogen-bond acceptors (Lipinski definition) is 4. The summed E-state index contributed by atoms with van der Waals surface area (Å²) >= 11 is 0. The second-order valence-corrected chi connectivity index (χ2v) is 6.82. The van der Waals surface area contributed by atoms with Crippen LogP contribution in [0.1, 0.15) is 26.2 Å². The standard InChI is InChI=1S/C13H20N2O3S/c1-9(7-10-3-4-10)15-19(16,17)11-5-6-12(14)13(8-11)18-2/h5-6,8-10,15H,3-4,7,14H2,1-2H3. The third-order valence-electron chi connectivity index (χ3n) is 3.26. The lowest BCUT2D eigenvalue weighted by atomic mass is 10.2. The van der Waals surface area contributed by atoms with Crippen LogP contribution >= 0.6 is 0 Å². The Kier molecular flexibility index (Phi) is 4.01.